The van der Waals surface area contributed by atoms with Crippen molar-refractivity contribution < 1.29 is 19.4 Å². The van der Waals surface area contributed by atoms with Crippen molar-refractivity contribution in [1.82, 2.24) is 5.32 Å². The van der Waals surface area contributed by atoms with Crippen molar-refractivity contribution in [2.45, 2.75) is 19.6 Å². The Hall–Kier alpha value is -3.89. The van der Waals surface area contributed by atoms with Crippen LogP contribution >= 0.6 is 15.9 Å². The van der Waals surface area contributed by atoms with E-state index in [0.717, 1.165) is 11.1 Å². The van der Waals surface area contributed by atoms with Gasteiger partial charge in [0.05, 0.1) is 16.1 Å². The predicted octanol–water partition coefficient (Wildman–Crippen LogP) is 5.51. The van der Waals surface area contributed by atoms with E-state index in [0.29, 0.717) is 15.8 Å². The number of nitrogens with one attached hydrogen (secondary N) is 1. The molecule has 3 aromatic carbocycles. The van der Waals surface area contributed by atoms with E-state index in [9.17, 15) is 14.9 Å². The second-order valence-electron chi connectivity index (χ2n) is 7.26. The lowest BCUT2D eigenvalue weighted by Gasteiger charge is -2.14. The fourth-order valence-electron chi connectivity index (χ4n) is 3.04. The van der Waals surface area contributed by atoms with Crippen LogP contribution in [-0.4, -0.2) is 17.0 Å². The molecule has 166 valence electrons. The first-order valence-corrected chi connectivity index (χ1v) is 10.9. The minimum absolute atomic E-state index is 0.00290. The van der Waals surface area contributed by atoms with Crippen LogP contribution in [0.25, 0.3) is 6.08 Å². The molecule has 0 bridgehead atoms. The summed E-state index contributed by atoms with van der Waals surface area (Å²) in [6, 6.07) is 22.9. The van der Waals surface area contributed by atoms with Gasteiger partial charge in [-0.1, -0.05) is 48.5 Å². The van der Waals surface area contributed by atoms with Crippen LogP contribution in [0.2, 0.25) is 0 Å². The Morgan fingerprint density at radius 2 is 1.82 bits per heavy atom. The molecule has 0 aliphatic rings. The molecule has 0 saturated carbocycles. The van der Waals surface area contributed by atoms with Crippen LogP contribution in [0.3, 0.4) is 0 Å². The van der Waals surface area contributed by atoms with E-state index in [1.54, 1.807) is 30.3 Å². The summed E-state index contributed by atoms with van der Waals surface area (Å²) >= 11 is 3.46. The Balaban J connectivity index is 1.66. The zero-order chi connectivity index (χ0) is 23.8. The molecule has 1 atom stereocenters. The van der Waals surface area contributed by atoms with Gasteiger partial charge in [-0.25, -0.2) is 4.79 Å². The first-order valence-electron chi connectivity index (χ1n) is 10.1. The van der Waals surface area contributed by atoms with Crippen LogP contribution in [0.4, 0.5) is 0 Å². The first kappa shape index (κ1) is 23.8. The van der Waals surface area contributed by atoms with Gasteiger partial charge in [0.15, 0.2) is 0 Å². The van der Waals surface area contributed by atoms with Crippen molar-refractivity contribution in [2.75, 3.05) is 0 Å². The molecule has 0 saturated heterocycles. The molecule has 0 aromatic heterocycles. The maximum Gasteiger partial charge on any atom is 0.335 e. The first-order chi connectivity index (χ1) is 15.9. The lowest BCUT2D eigenvalue weighted by atomic mass is 10.1. The lowest BCUT2D eigenvalue weighted by molar-refractivity contribution is -0.117. The Morgan fingerprint density at radius 3 is 2.42 bits per heavy atom. The molecular weight excluding hydrogens is 484 g/mol. The second-order valence-corrected chi connectivity index (χ2v) is 8.11. The molecule has 0 aliphatic carbocycles. The predicted molar refractivity (Wildman–Crippen MR) is 128 cm³/mol. The van der Waals surface area contributed by atoms with Gasteiger partial charge in [-0.15, -0.1) is 0 Å². The highest BCUT2D eigenvalue weighted by molar-refractivity contribution is 9.10. The Kier molecular flexibility index (Phi) is 8.01. The van der Waals surface area contributed by atoms with E-state index in [2.05, 4.69) is 21.2 Å². The zero-order valence-electron chi connectivity index (χ0n) is 17.8. The largest absolute Gasteiger partial charge is 0.488 e. The number of aromatic carboxylic acids is 1. The van der Waals surface area contributed by atoms with Crippen molar-refractivity contribution in [2.24, 2.45) is 0 Å². The van der Waals surface area contributed by atoms with E-state index >= 15 is 0 Å². The van der Waals surface area contributed by atoms with Crippen LogP contribution in [0.5, 0.6) is 5.75 Å². The quantitative estimate of drug-likeness (QED) is 0.311. The number of hydrogen-bond donors (Lipinski definition) is 2. The minimum Gasteiger partial charge on any atom is -0.488 e. The SMILES string of the molecule is C[C@H](NC(=O)/C(C#N)=C\c1ccc(OCc2ccc(C(=O)O)cc2)c(Br)c1)c1ccccc1. The molecule has 6 nitrogen and oxygen atoms in total. The van der Waals surface area contributed by atoms with Crippen molar-refractivity contribution in [3.05, 3.63) is 105 Å². The summed E-state index contributed by atoms with van der Waals surface area (Å²) in [5.74, 6) is -0.848. The van der Waals surface area contributed by atoms with E-state index in [1.807, 2.05) is 43.3 Å². The van der Waals surface area contributed by atoms with Gasteiger partial charge in [-0.05, 0) is 69.9 Å². The highest BCUT2D eigenvalue weighted by Crippen LogP contribution is 2.28. The van der Waals surface area contributed by atoms with Gasteiger partial charge in [-0.2, -0.15) is 5.26 Å². The molecule has 0 unspecified atom stereocenters. The molecule has 2 N–H and O–H groups in total. The summed E-state index contributed by atoms with van der Waals surface area (Å²) in [5.41, 5.74) is 2.65. The number of carboxylic acid groups (broad SMARTS) is 1. The van der Waals surface area contributed by atoms with Gasteiger partial charge >= 0.3 is 5.97 Å². The van der Waals surface area contributed by atoms with Gasteiger partial charge in [0.25, 0.3) is 5.91 Å². The van der Waals surface area contributed by atoms with E-state index < -0.39 is 11.9 Å². The van der Waals surface area contributed by atoms with Crippen molar-refractivity contribution in [3.63, 3.8) is 0 Å². The maximum absolute atomic E-state index is 12.6. The molecule has 7 heteroatoms. The number of amides is 1. The summed E-state index contributed by atoms with van der Waals surface area (Å²) in [4.78, 5) is 23.5. The standard InChI is InChI=1S/C26H21BrN2O4/c1-17(20-5-3-2-4-6-20)29-25(30)22(15-28)13-19-9-12-24(23(27)14-19)33-16-18-7-10-21(11-8-18)26(31)32/h2-14,17H,16H2,1H3,(H,29,30)(H,31,32)/b22-13-/t17-/m0/s1. The number of carbonyl (C=O) groups is 2. The molecule has 0 aliphatic heterocycles. The van der Waals surface area contributed by atoms with E-state index in [1.165, 1.54) is 18.2 Å². The number of carboxylic acids is 1. The Bertz CT molecular complexity index is 1220. The summed E-state index contributed by atoms with van der Waals surface area (Å²) in [7, 11) is 0. The van der Waals surface area contributed by atoms with Gasteiger partial charge in [0.1, 0.15) is 24.0 Å². The van der Waals surface area contributed by atoms with Crippen LogP contribution in [-0.2, 0) is 11.4 Å². The van der Waals surface area contributed by atoms with Crippen LogP contribution in [0, 0.1) is 11.3 Å². The molecule has 0 spiro atoms. The fourth-order valence-corrected chi connectivity index (χ4v) is 3.55. The third-order valence-corrected chi connectivity index (χ3v) is 5.49. The van der Waals surface area contributed by atoms with Crippen molar-refractivity contribution in [3.8, 4) is 11.8 Å². The minimum atomic E-state index is -0.978. The topological polar surface area (TPSA) is 99.4 Å². The zero-order valence-corrected chi connectivity index (χ0v) is 19.4. The summed E-state index contributed by atoms with van der Waals surface area (Å²) in [5, 5.41) is 21.3. The van der Waals surface area contributed by atoms with Gasteiger partial charge in [-0.3, -0.25) is 4.79 Å². The molecule has 0 heterocycles. The molecule has 3 aromatic rings. The highest BCUT2D eigenvalue weighted by atomic mass is 79.9. The summed E-state index contributed by atoms with van der Waals surface area (Å²) in [6.45, 7) is 2.12. The number of nitriles is 1. The average molecular weight is 505 g/mol. The average Bonchev–Trinajstić information content (AvgIpc) is 2.82. The van der Waals surface area contributed by atoms with Crippen LogP contribution < -0.4 is 10.1 Å². The number of carbonyl (C=O) groups excluding carboxylic acids is 1. The van der Waals surface area contributed by atoms with Crippen LogP contribution in [0.15, 0.2) is 82.8 Å². The van der Waals surface area contributed by atoms with Gasteiger partial charge < -0.3 is 15.2 Å². The van der Waals surface area contributed by atoms with Gasteiger partial charge in [0.2, 0.25) is 0 Å². The number of benzene rings is 3. The third-order valence-electron chi connectivity index (χ3n) is 4.87. The molecule has 1 amide bonds. The maximum atomic E-state index is 12.6. The summed E-state index contributed by atoms with van der Waals surface area (Å²) in [6.07, 6.45) is 1.52. The number of rotatable bonds is 8. The molecule has 0 fully saturated rings. The summed E-state index contributed by atoms with van der Waals surface area (Å²) < 4.78 is 6.46. The van der Waals surface area contributed by atoms with Gasteiger partial charge in [0, 0.05) is 0 Å². The number of nitrogens with zero attached hydrogens (tertiary/aromatic N) is 1. The Morgan fingerprint density at radius 1 is 1.12 bits per heavy atom. The number of halogens is 1. The van der Waals surface area contributed by atoms with Crippen molar-refractivity contribution in [1.29, 1.82) is 5.26 Å². The van der Waals surface area contributed by atoms with Crippen molar-refractivity contribution >= 4 is 33.9 Å². The van der Waals surface area contributed by atoms with E-state index in [4.69, 9.17) is 9.84 Å². The normalized spacial score (nSPS) is 11.8. The third kappa shape index (κ3) is 6.55. The van der Waals surface area contributed by atoms with Crippen LogP contribution in [0.1, 0.15) is 40.0 Å². The second kappa shape index (κ2) is 11.1. The number of ether oxygens (including phenoxy) is 1. The monoisotopic (exact) mass is 504 g/mol. The highest BCUT2D eigenvalue weighted by Gasteiger charge is 2.14. The lowest BCUT2D eigenvalue weighted by Crippen LogP contribution is -2.27. The molecule has 3 rings (SSSR count). The Labute approximate surface area is 200 Å². The molecule has 33 heavy (non-hydrogen) atoms. The molecule has 0 radical (unpaired) electrons. The smallest absolute Gasteiger partial charge is 0.335 e. The molecular formula is C26H21BrN2O4. The fraction of sp³-hybridized carbons (Fsp3) is 0.115. The van der Waals surface area contributed by atoms with E-state index in [-0.39, 0.29) is 23.8 Å². The number of hydrogen-bond acceptors (Lipinski definition) is 4.